The van der Waals surface area contributed by atoms with E-state index in [2.05, 4.69) is 17.1 Å². The lowest BCUT2D eigenvalue weighted by atomic mass is 10.0. The molecular weight excluding hydrogens is 248 g/mol. The van der Waals surface area contributed by atoms with Gasteiger partial charge in [-0.2, -0.15) is 0 Å². The highest BCUT2D eigenvalue weighted by Gasteiger charge is 2.18. The molecule has 4 nitrogen and oxygen atoms in total. The Hall–Kier alpha value is -0.130. The van der Waals surface area contributed by atoms with Crippen molar-refractivity contribution in [3.63, 3.8) is 0 Å². The predicted octanol–water partition coefficient (Wildman–Crippen LogP) is 1.28. The van der Waals surface area contributed by atoms with Gasteiger partial charge in [-0.1, -0.05) is 13.8 Å². The Balaban J connectivity index is 2.12. The first-order valence-corrected chi connectivity index (χ1v) is 9.05. The van der Waals surface area contributed by atoms with E-state index in [4.69, 9.17) is 0 Å². The van der Waals surface area contributed by atoms with Crippen LogP contribution in [0.4, 0.5) is 0 Å². The molecule has 0 unspecified atom stereocenters. The Kier molecular flexibility index (Phi) is 7.19. The quantitative estimate of drug-likeness (QED) is 0.725. The van der Waals surface area contributed by atoms with Crippen LogP contribution in [0.25, 0.3) is 0 Å². The van der Waals surface area contributed by atoms with E-state index in [1.54, 1.807) is 6.92 Å². The van der Waals surface area contributed by atoms with Crippen molar-refractivity contribution in [2.24, 2.45) is 0 Å². The minimum absolute atomic E-state index is 0.274. The predicted molar refractivity (Wildman–Crippen MR) is 76.7 cm³/mol. The average Bonchev–Trinajstić information content (AvgIpc) is 2.38. The fourth-order valence-electron chi connectivity index (χ4n) is 2.36. The molecule has 0 amide bonds. The Morgan fingerprint density at radius 3 is 2.44 bits per heavy atom. The van der Waals surface area contributed by atoms with Gasteiger partial charge in [-0.05, 0) is 51.9 Å². The molecule has 1 fully saturated rings. The third kappa shape index (κ3) is 6.16. The number of hydrogen-bond acceptors (Lipinski definition) is 4. The molecule has 18 heavy (non-hydrogen) atoms. The normalized spacial score (nSPS) is 19.2. The number of rotatable bonds is 8. The highest BCUT2D eigenvalue weighted by molar-refractivity contribution is 7.91. The topological polar surface area (TPSA) is 49.4 Å². The summed E-state index contributed by atoms with van der Waals surface area (Å²) in [6, 6.07) is 0.667. The van der Waals surface area contributed by atoms with Crippen LogP contribution in [0.2, 0.25) is 0 Å². The molecule has 0 saturated carbocycles. The van der Waals surface area contributed by atoms with Crippen LogP contribution in [0.1, 0.15) is 39.5 Å². The van der Waals surface area contributed by atoms with Gasteiger partial charge in [-0.3, -0.25) is 0 Å². The maximum Gasteiger partial charge on any atom is 0.150 e. The summed E-state index contributed by atoms with van der Waals surface area (Å²) in [5.74, 6) is 0.619. The molecule has 1 aliphatic rings. The maximum absolute atomic E-state index is 11.4. The first kappa shape index (κ1) is 15.9. The molecule has 0 aliphatic carbocycles. The van der Waals surface area contributed by atoms with E-state index in [0.29, 0.717) is 11.8 Å². The molecule has 0 bridgehead atoms. The van der Waals surface area contributed by atoms with Crippen LogP contribution in [0, 0.1) is 0 Å². The lowest BCUT2D eigenvalue weighted by Gasteiger charge is -2.32. The van der Waals surface area contributed by atoms with Crippen molar-refractivity contribution in [1.29, 1.82) is 0 Å². The summed E-state index contributed by atoms with van der Waals surface area (Å²) in [6.45, 7) is 8.16. The Labute approximate surface area is 112 Å². The van der Waals surface area contributed by atoms with Crippen molar-refractivity contribution < 1.29 is 8.42 Å². The highest BCUT2D eigenvalue weighted by atomic mass is 32.2. The zero-order valence-corrected chi connectivity index (χ0v) is 12.6. The van der Waals surface area contributed by atoms with Crippen LogP contribution in [-0.2, 0) is 9.84 Å². The van der Waals surface area contributed by atoms with Gasteiger partial charge >= 0.3 is 0 Å². The van der Waals surface area contributed by atoms with E-state index in [9.17, 15) is 8.42 Å². The average molecular weight is 276 g/mol. The Bertz CT molecular complexity index is 309. The number of piperidine rings is 1. The van der Waals surface area contributed by atoms with Crippen LogP contribution < -0.4 is 5.32 Å². The van der Waals surface area contributed by atoms with E-state index >= 15 is 0 Å². The number of likely N-dealkylation sites (tertiary alicyclic amines) is 1. The standard InChI is InChI=1S/C13H28N2O2S/c1-3-8-14-13-6-10-15(11-7-13)9-5-12-18(16,17)4-2/h13-14H,3-12H2,1-2H3. The van der Waals surface area contributed by atoms with Crippen LogP contribution in [0.3, 0.4) is 0 Å². The number of hydrogen-bond donors (Lipinski definition) is 1. The monoisotopic (exact) mass is 276 g/mol. The van der Waals surface area contributed by atoms with E-state index in [0.717, 1.165) is 32.6 Å². The van der Waals surface area contributed by atoms with Crippen molar-refractivity contribution in [2.75, 3.05) is 37.7 Å². The second-order valence-corrected chi connectivity index (χ2v) is 7.63. The van der Waals surface area contributed by atoms with E-state index in [1.807, 2.05) is 0 Å². The number of nitrogens with zero attached hydrogens (tertiary/aromatic N) is 1. The molecule has 1 aliphatic heterocycles. The zero-order chi connectivity index (χ0) is 13.4. The fraction of sp³-hybridized carbons (Fsp3) is 1.00. The molecule has 0 radical (unpaired) electrons. The third-order valence-electron chi connectivity index (χ3n) is 3.64. The van der Waals surface area contributed by atoms with Gasteiger partial charge in [0.15, 0.2) is 0 Å². The molecule has 1 saturated heterocycles. The van der Waals surface area contributed by atoms with Crippen molar-refractivity contribution in [3.8, 4) is 0 Å². The van der Waals surface area contributed by atoms with E-state index < -0.39 is 9.84 Å². The van der Waals surface area contributed by atoms with Crippen LogP contribution >= 0.6 is 0 Å². The van der Waals surface area contributed by atoms with E-state index in [1.165, 1.54) is 19.3 Å². The Morgan fingerprint density at radius 1 is 1.22 bits per heavy atom. The second-order valence-electron chi connectivity index (χ2n) is 5.16. The first-order valence-electron chi connectivity index (χ1n) is 7.23. The van der Waals surface area contributed by atoms with E-state index in [-0.39, 0.29) is 5.75 Å². The number of sulfone groups is 1. The molecule has 0 spiro atoms. The Morgan fingerprint density at radius 2 is 1.89 bits per heavy atom. The molecule has 0 atom stereocenters. The molecule has 0 aromatic carbocycles. The van der Waals surface area contributed by atoms with Gasteiger partial charge in [0.2, 0.25) is 0 Å². The van der Waals surface area contributed by atoms with Crippen molar-refractivity contribution in [1.82, 2.24) is 10.2 Å². The van der Waals surface area contributed by atoms with Gasteiger partial charge in [0.25, 0.3) is 0 Å². The van der Waals surface area contributed by atoms with Crippen molar-refractivity contribution >= 4 is 9.84 Å². The summed E-state index contributed by atoms with van der Waals surface area (Å²) in [6.07, 6.45) is 4.36. The third-order valence-corrected chi connectivity index (χ3v) is 5.43. The summed E-state index contributed by atoms with van der Waals surface area (Å²) in [7, 11) is -2.78. The molecule has 5 heteroatoms. The van der Waals surface area contributed by atoms with Crippen LogP contribution in [0.5, 0.6) is 0 Å². The summed E-state index contributed by atoms with van der Waals surface area (Å²) >= 11 is 0. The first-order chi connectivity index (χ1) is 8.57. The lowest BCUT2D eigenvalue weighted by Crippen LogP contribution is -2.43. The van der Waals surface area contributed by atoms with Gasteiger partial charge in [0.1, 0.15) is 9.84 Å². The molecule has 108 valence electrons. The van der Waals surface area contributed by atoms with Gasteiger partial charge in [0, 0.05) is 11.8 Å². The second kappa shape index (κ2) is 8.12. The summed E-state index contributed by atoms with van der Waals surface area (Å²) in [4.78, 5) is 2.40. The SMILES string of the molecule is CCCNC1CCN(CCCS(=O)(=O)CC)CC1. The summed E-state index contributed by atoms with van der Waals surface area (Å²) in [5, 5.41) is 3.56. The molecule has 0 aromatic rings. The van der Waals surface area contributed by atoms with Crippen LogP contribution in [-0.4, -0.2) is 57.0 Å². The lowest BCUT2D eigenvalue weighted by molar-refractivity contribution is 0.198. The van der Waals surface area contributed by atoms with Gasteiger partial charge in [0.05, 0.1) is 5.75 Å². The number of nitrogens with one attached hydrogen (secondary N) is 1. The maximum atomic E-state index is 11.4. The molecule has 1 heterocycles. The minimum Gasteiger partial charge on any atom is -0.314 e. The van der Waals surface area contributed by atoms with Crippen LogP contribution in [0.15, 0.2) is 0 Å². The largest absolute Gasteiger partial charge is 0.314 e. The van der Waals surface area contributed by atoms with Gasteiger partial charge < -0.3 is 10.2 Å². The smallest absolute Gasteiger partial charge is 0.150 e. The molecule has 1 N–H and O–H groups in total. The fourth-order valence-corrected chi connectivity index (χ4v) is 3.22. The molecular formula is C13H28N2O2S. The zero-order valence-electron chi connectivity index (χ0n) is 11.8. The highest BCUT2D eigenvalue weighted by Crippen LogP contribution is 2.11. The summed E-state index contributed by atoms with van der Waals surface area (Å²) in [5.41, 5.74) is 0. The van der Waals surface area contributed by atoms with Crippen molar-refractivity contribution in [3.05, 3.63) is 0 Å². The van der Waals surface area contributed by atoms with Gasteiger partial charge in [-0.15, -0.1) is 0 Å². The molecule has 0 aromatic heterocycles. The van der Waals surface area contributed by atoms with Gasteiger partial charge in [-0.25, -0.2) is 8.42 Å². The molecule has 1 rings (SSSR count). The summed E-state index contributed by atoms with van der Waals surface area (Å²) < 4.78 is 22.8. The van der Waals surface area contributed by atoms with Crippen molar-refractivity contribution in [2.45, 2.75) is 45.6 Å². The minimum atomic E-state index is -2.78.